The Labute approximate surface area is 133 Å². The van der Waals surface area contributed by atoms with Crippen LogP contribution in [-0.2, 0) is 13.1 Å². The standard InChI is InChI=1S/C19H23N3/c1-2-3-11-22(14-16-7-5-4-6-8-16)15-18-12-17(13-20)9-10-19(18)21/h4-10,12H,2-3,11,14-15,21H2,1H3. The molecule has 3 nitrogen and oxygen atoms in total. The summed E-state index contributed by atoms with van der Waals surface area (Å²) >= 11 is 0. The van der Waals surface area contributed by atoms with Gasteiger partial charge in [-0.1, -0.05) is 43.7 Å². The van der Waals surface area contributed by atoms with Crippen LogP contribution in [0.4, 0.5) is 5.69 Å². The summed E-state index contributed by atoms with van der Waals surface area (Å²) < 4.78 is 0. The van der Waals surface area contributed by atoms with Gasteiger partial charge in [-0.3, -0.25) is 4.90 Å². The van der Waals surface area contributed by atoms with Gasteiger partial charge in [0.25, 0.3) is 0 Å². The maximum atomic E-state index is 9.06. The Hall–Kier alpha value is -2.31. The summed E-state index contributed by atoms with van der Waals surface area (Å²) in [6.07, 6.45) is 2.32. The molecule has 2 aromatic rings. The van der Waals surface area contributed by atoms with E-state index in [1.807, 2.05) is 18.2 Å². The smallest absolute Gasteiger partial charge is 0.0991 e. The first kappa shape index (κ1) is 16.1. The molecule has 0 fully saturated rings. The highest BCUT2D eigenvalue weighted by atomic mass is 15.1. The first-order valence-electron chi connectivity index (χ1n) is 7.77. The molecule has 0 saturated carbocycles. The predicted molar refractivity (Wildman–Crippen MR) is 91.0 cm³/mol. The third-order valence-corrected chi connectivity index (χ3v) is 3.74. The minimum absolute atomic E-state index is 0.666. The summed E-state index contributed by atoms with van der Waals surface area (Å²) in [4.78, 5) is 2.39. The number of anilines is 1. The molecule has 3 heteroatoms. The first-order valence-corrected chi connectivity index (χ1v) is 7.77. The fourth-order valence-electron chi connectivity index (χ4n) is 2.49. The first-order chi connectivity index (χ1) is 10.7. The molecule has 2 rings (SSSR count). The molecule has 0 atom stereocenters. The number of nitrogens with zero attached hydrogens (tertiary/aromatic N) is 2. The molecule has 0 unspecified atom stereocenters. The van der Waals surface area contributed by atoms with Crippen molar-refractivity contribution in [3.63, 3.8) is 0 Å². The van der Waals surface area contributed by atoms with Crippen LogP contribution < -0.4 is 5.73 Å². The van der Waals surface area contributed by atoms with Crippen LogP contribution in [0.3, 0.4) is 0 Å². The molecule has 0 spiro atoms. The molecule has 0 heterocycles. The van der Waals surface area contributed by atoms with E-state index in [0.717, 1.165) is 37.3 Å². The van der Waals surface area contributed by atoms with Crippen LogP contribution in [0.25, 0.3) is 0 Å². The van der Waals surface area contributed by atoms with E-state index in [1.54, 1.807) is 6.07 Å². The third-order valence-electron chi connectivity index (χ3n) is 3.74. The second kappa shape index (κ2) is 8.21. The van der Waals surface area contributed by atoms with E-state index < -0.39 is 0 Å². The number of nitrogen functional groups attached to an aromatic ring is 1. The Balaban J connectivity index is 2.14. The van der Waals surface area contributed by atoms with Crippen molar-refractivity contribution in [1.29, 1.82) is 5.26 Å². The summed E-state index contributed by atoms with van der Waals surface area (Å²) in [5.41, 5.74) is 9.84. The van der Waals surface area contributed by atoms with E-state index in [9.17, 15) is 0 Å². The molecule has 0 radical (unpaired) electrons. The van der Waals surface area contributed by atoms with Gasteiger partial charge in [-0.2, -0.15) is 5.26 Å². The minimum Gasteiger partial charge on any atom is -0.398 e. The van der Waals surface area contributed by atoms with Gasteiger partial charge in [0, 0.05) is 18.8 Å². The van der Waals surface area contributed by atoms with Crippen molar-refractivity contribution in [3.05, 3.63) is 65.2 Å². The van der Waals surface area contributed by atoms with E-state index in [2.05, 4.69) is 42.2 Å². The maximum absolute atomic E-state index is 9.06. The third kappa shape index (κ3) is 4.61. The largest absolute Gasteiger partial charge is 0.398 e. The monoisotopic (exact) mass is 293 g/mol. The Morgan fingerprint density at radius 3 is 2.55 bits per heavy atom. The van der Waals surface area contributed by atoms with Crippen LogP contribution in [-0.4, -0.2) is 11.4 Å². The van der Waals surface area contributed by atoms with Gasteiger partial charge < -0.3 is 5.73 Å². The number of benzene rings is 2. The highest BCUT2D eigenvalue weighted by Gasteiger charge is 2.09. The minimum atomic E-state index is 0.666. The average molecular weight is 293 g/mol. The van der Waals surface area contributed by atoms with Gasteiger partial charge in [0.15, 0.2) is 0 Å². The fraction of sp³-hybridized carbons (Fsp3) is 0.316. The number of rotatable bonds is 7. The molecule has 0 saturated heterocycles. The van der Waals surface area contributed by atoms with Gasteiger partial charge in [-0.15, -0.1) is 0 Å². The summed E-state index contributed by atoms with van der Waals surface area (Å²) in [6.45, 7) is 4.90. The zero-order valence-electron chi connectivity index (χ0n) is 13.1. The van der Waals surface area contributed by atoms with E-state index in [-0.39, 0.29) is 0 Å². The lowest BCUT2D eigenvalue weighted by atomic mass is 10.1. The number of nitriles is 1. The summed E-state index contributed by atoms with van der Waals surface area (Å²) in [7, 11) is 0. The molecule has 0 aliphatic heterocycles. The second-order valence-corrected chi connectivity index (χ2v) is 5.58. The predicted octanol–water partition coefficient (Wildman–Crippen LogP) is 3.94. The van der Waals surface area contributed by atoms with Crippen LogP contribution in [0, 0.1) is 11.3 Å². The Bertz CT molecular complexity index is 629. The van der Waals surface area contributed by atoms with E-state index in [1.165, 1.54) is 12.0 Å². The van der Waals surface area contributed by atoms with Crippen molar-refractivity contribution in [2.45, 2.75) is 32.9 Å². The highest BCUT2D eigenvalue weighted by molar-refractivity contribution is 5.51. The normalized spacial score (nSPS) is 10.6. The van der Waals surface area contributed by atoms with Crippen molar-refractivity contribution < 1.29 is 0 Å². The lowest BCUT2D eigenvalue weighted by molar-refractivity contribution is 0.253. The highest BCUT2D eigenvalue weighted by Crippen LogP contribution is 2.18. The van der Waals surface area contributed by atoms with Gasteiger partial charge in [0.05, 0.1) is 11.6 Å². The SMILES string of the molecule is CCCCN(Cc1ccccc1)Cc1cc(C#N)ccc1N. The molecule has 0 aromatic heterocycles. The molecular weight excluding hydrogens is 270 g/mol. The van der Waals surface area contributed by atoms with Crippen molar-refractivity contribution in [1.82, 2.24) is 4.90 Å². The molecule has 0 aliphatic carbocycles. The maximum Gasteiger partial charge on any atom is 0.0991 e. The number of hydrogen-bond acceptors (Lipinski definition) is 3. The van der Waals surface area contributed by atoms with E-state index >= 15 is 0 Å². The zero-order chi connectivity index (χ0) is 15.8. The molecule has 0 aliphatic rings. The second-order valence-electron chi connectivity index (χ2n) is 5.58. The van der Waals surface area contributed by atoms with Crippen LogP contribution in [0.1, 0.15) is 36.5 Å². The average Bonchev–Trinajstić information content (AvgIpc) is 2.55. The molecule has 0 amide bonds. The van der Waals surface area contributed by atoms with Crippen LogP contribution >= 0.6 is 0 Å². The Morgan fingerprint density at radius 2 is 1.86 bits per heavy atom. The summed E-state index contributed by atoms with van der Waals surface area (Å²) in [5, 5.41) is 9.06. The quantitative estimate of drug-likeness (QED) is 0.787. The van der Waals surface area contributed by atoms with Crippen LogP contribution in [0.2, 0.25) is 0 Å². The number of nitrogens with two attached hydrogens (primary N) is 1. The number of unbranched alkanes of at least 4 members (excludes halogenated alkanes) is 1. The molecular formula is C19H23N3. The van der Waals surface area contributed by atoms with Gasteiger partial charge in [-0.05, 0) is 42.3 Å². The van der Waals surface area contributed by atoms with Gasteiger partial charge in [-0.25, -0.2) is 0 Å². The summed E-state index contributed by atoms with van der Waals surface area (Å²) in [6, 6.07) is 18.2. The Morgan fingerprint density at radius 1 is 1.09 bits per heavy atom. The number of hydrogen-bond donors (Lipinski definition) is 1. The lowest BCUT2D eigenvalue weighted by Crippen LogP contribution is -2.24. The van der Waals surface area contributed by atoms with Gasteiger partial charge in [0.2, 0.25) is 0 Å². The zero-order valence-corrected chi connectivity index (χ0v) is 13.1. The fourth-order valence-corrected chi connectivity index (χ4v) is 2.49. The van der Waals surface area contributed by atoms with E-state index in [0.29, 0.717) is 5.56 Å². The van der Waals surface area contributed by atoms with Crippen molar-refractivity contribution in [3.8, 4) is 6.07 Å². The van der Waals surface area contributed by atoms with Gasteiger partial charge >= 0.3 is 0 Å². The molecule has 2 aromatic carbocycles. The molecule has 22 heavy (non-hydrogen) atoms. The molecule has 2 N–H and O–H groups in total. The van der Waals surface area contributed by atoms with Crippen molar-refractivity contribution in [2.75, 3.05) is 12.3 Å². The molecule has 114 valence electrons. The van der Waals surface area contributed by atoms with Crippen molar-refractivity contribution >= 4 is 5.69 Å². The van der Waals surface area contributed by atoms with Crippen molar-refractivity contribution in [2.24, 2.45) is 0 Å². The summed E-state index contributed by atoms with van der Waals surface area (Å²) in [5.74, 6) is 0. The van der Waals surface area contributed by atoms with Crippen LogP contribution in [0.15, 0.2) is 48.5 Å². The topological polar surface area (TPSA) is 53.0 Å². The molecule has 0 bridgehead atoms. The van der Waals surface area contributed by atoms with Gasteiger partial charge in [0.1, 0.15) is 0 Å². The Kier molecular flexibility index (Phi) is 6.00. The van der Waals surface area contributed by atoms with Crippen LogP contribution in [0.5, 0.6) is 0 Å². The lowest BCUT2D eigenvalue weighted by Gasteiger charge is -2.23. The van der Waals surface area contributed by atoms with E-state index in [4.69, 9.17) is 11.0 Å².